The first kappa shape index (κ1) is 15.4. The summed E-state index contributed by atoms with van der Waals surface area (Å²) in [6, 6.07) is 0. The predicted molar refractivity (Wildman–Crippen MR) is 87.4 cm³/mol. The number of nitrogens with zero attached hydrogens (tertiary/aromatic N) is 1. The van der Waals surface area contributed by atoms with Crippen LogP contribution in [0.4, 0.5) is 0 Å². The molecule has 2 aliphatic carbocycles. The van der Waals surface area contributed by atoms with Gasteiger partial charge in [0, 0.05) is 31.5 Å². The van der Waals surface area contributed by atoms with Crippen molar-refractivity contribution in [1.82, 2.24) is 4.90 Å². The van der Waals surface area contributed by atoms with E-state index in [4.69, 9.17) is 14.2 Å². The molecule has 0 N–H and O–H groups in total. The maximum atomic E-state index is 12.7. The molecular weight excluding hydrogens is 306 g/mol. The normalized spacial score (nSPS) is 50.7. The molecule has 0 bridgehead atoms. The third-order valence-electron chi connectivity index (χ3n) is 7.27. The predicted octanol–water partition coefficient (Wildman–Crippen LogP) is 1.62. The highest BCUT2D eigenvalue weighted by Crippen LogP contribution is 2.63. The fraction of sp³-hybridized carbons (Fsp3) is 0.842. The number of fused-ring (bicyclic) bond motifs is 5. The monoisotopic (exact) mass is 333 g/mol. The van der Waals surface area contributed by atoms with Gasteiger partial charge in [0.25, 0.3) is 0 Å². The highest BCUT2D eigenvalue weighted by atomic mass is 16.6. The Morgan fingerprint density at radius 1 is 1.33 bits per heavy atom. The molecule has 5 fully saturated rings. The van der Waals surface area contributed by atoms with Gasteiger partial charge in [-0.2, -0.15) is 0 Å². The smallest absolute Gasteiger partial charge is 0.310 e. The quantitative estimate of drug-likeness (QED) is 0.437. The van der Waals surface area contributed by atoms with Crippen molar-refractivity contribution in [3.63, 3.8) is 0 Å². The van der Waals surface area contributed by atoms with Crippen LogP contribution in [0.15, 0.2) is 12.2 Å². The van der Waals surface area contributed by atoms with Gasteiger partial charge in [0.2, 0.25) is 0 Å². The second-order valence-corrected chi connectivity index (χ2v) is 8.44. The van der Waals surface area contributed by atoms with Gasteiger partial charge in [-0.25, -0.2) is 0 Å². The van der Waals surface area contributed by atoms with Crippen LogP contribution in [0.3, 0.4) is 0 Å². The van der Waals surface area contributed by atoms with Gasteiger partial charge in [-0.1, -0.05) is 12.2 Å². The lowest BCUT2D eigenvalue weighted by Crippen LogP contribution is -2.43. The fourth-order valence-electron chi connectivity index (χ4n) is 5.83. The Morgan fingerprint density at radius 3 is 2.92 bits per heavy atom. The van der Waals surface area contributed by atoms with Gasteiger partial charge in [0.1, 0.15) is 6.10 Å². The number of carbonyl (C=O) groups excluding carboxylic acids is 1. The van der Waals surface area contributed by atoms with E-state index >= 15 is 0 Å². The summed E-state index contributed by atoms with van der Waals surface area (Å²) in [4.78, 5) is 15.0. The summed E-state index contributed by atoms with van der Waals surface area (Å²) in [6.07, 6.45) is 3.49. The summed E-state index contributed by atoms with van der Waals surface area (Å²) >= 11 is 0. The first-order chi connectivity index (χ1) is 11.6. The molecule has 0 aromatic rings. The number of epoxide rings is 1. The van der Waals surface area contributed by atoms with Crippen molar-refractivity contribution in [2.75, 3.05) is 32.8 Å². The zero-order valence-corrected chi connectivity index (χ0v) is 14.4. The summed E-state index contributed by atoms with van der Waals surface area (Å²) < 4.78 is 17.4. The fourth-order valence-corrected chi connectivity index (χ4v) is 5.83. The van der Waals surface area contributed by atoms with Gasteiger partial charge >= 0.3 is 5.97 Å². The van der Waals surface area contributed by atoms with E-state index in [-0.39, 0.29) is 23.6 Å². The van der Waals surface area contributed by atoms with E-state index in [9.17, 15) is 4.79 Å². The highest BCUT2D eigenvalue weighted by Gasteiger charge is 2.71. The van der Waals surface area contributed by atoms with E-state index in [0.717, 1.165) is 52.1 Å². The largest absolute Gasteiger partial charge is 0.461 e. The molecule has 5 aliphatic rings. The van der Waals surface area contributed by atoms with Crippen LogP contribution in [0.25, 0.3) is 0 Å². The second kappa shape index (κ2) is 5.29. The maximum absolute atomic E-state index is 12.7. The van der Waals surface area contributed by atoms with Crippen LogP contribution in [0.1, 0.15) is 26.2 Å². The number of hydrogen-bond acceptors (Lipinski definition) is 5. The SMILES string of the molecule is C=C1CC[C@H]2C(CN3CCOCC3)C(=O)O[C@@H]2[C@@H]2[C@H]1CC1O[C@]12C. The van der Waals surface area contributed by atoms with Crippen molar-refractivity contribution < 1.29 is 19.0 Å². The van der Waals surface area contributed by atoms with Gasteiger partial charge in [-0.15, -0.1) is 0 Å². The summed E-state index contributed by atoms with van der Waals surface area (Å²) in [5, 5.41) is 0. The zero-order valence-electron chi connectivity index (χ0n) is 14.4. The maximum Gasteiger partial charge on any atom is 0.310 e. The molecule has 0 radical (unpaired) electrons. The molecule has 3 heterocycles. The summed E-state index contributed by atoms with van der Waals surface area (Å²) in [6.45, 7) is 10.8. The average molecular weight is 333 g/mol. The van der Waals surface area contributed by atoms with Gasteiger partial charge in [-0.05, 0) is 32.1 Å². The first-order valence-electron chi connectivity index (χ1n) is 9.44. The molecule has 132 valence electrons. The molecule has 0 amide bonds. The van der Waals surface area contributed by atoms with Crippen molar-refractivity contribution in [1.29, 1.82) is 0 Å². The molecule has 5 rings (SSSR count). The van der Waals surface area contributed by atoms with Crippen LogP contribution >= 0.6 is 0 Å². The summed E-state index contributed by atoms with van der Waals surface area (Å²) in [5.41, 5.74) is 1.27. The van der Waals surface area contributed by atoms with Crippen LogP contribution in [0.5, 0.6) is 0 Å². The Balaban J connectivity index is 1.40. The number of ether oxygens (including phenoxy) is 3. The van der Waals surface area contributed by atoms with E-state index in [1.807, 2.05) is 0 Å². The van der Waals surface area contributed by atoms with Gasteiger partial charge in [0.05, 0.1) is 30.8 Å². The van der Waals surface area contributed by atoms with Crippen molar-refractivity contribution in [2.24, 2.45) is 23.7 Å². The van der Waals surface area contributed by atoms with Gasteiger partial charge < -0.3 is 14.2 Å². The lowest BCUT2D eigenvalue weighted by Gasteiger charge is -2.32. The van der Waals surface area contributed by atoms with Crippen LogP contribution in [0.2, 0.25) is 0 Å². The van der Waals surface area contributed by atoms with Crippen LogP contribution in [-0.4, -0.2) is 61.5 Å². The van der Waals surface area contributed by atoms with Crippen molar-refractivity contribution in [2.45, 2.75) is 44.0 Å². The van der Waals surface area contributed by atoms with E-state index < -0.39 is 0 Å². The Kier molecular flexibility index (Phi) is 3.39. The molecule has 5 heteroatoms. The molecule has 0 spiro atoms. The molecular formula is C19H27NO4. The molecule has 7 atom stereocenters. The highest BCUT2D eigenvalue weighted by molar-refractivity contribution is 5.75. The molecule has 3 saturated heterocycles. The Labute approximate surface area is 143 Å². The van der Waals surface area contributed by atoms with Crippen LogP contribution in [0, 0.1) is 23.7 Å². The van der Waals surface area contributed by atoms with E-state index in [0.29, 0.717) is 23.9 Å². The molecule has 3 aliphatic heterocycles. The van der Waals surface area contributed by atoms with Crippen molar-refractivity contribution in [3.05, 3.63) is 12.2 Å². The minimum atomic E-state index is -0.0883. The first-order valence-corrected chi connectivity index (χ1v) is 9.44. The molecule has 2 unspecified atom stereocenters. The molecule has 2 saturated carbocycles. The number of esters is 1. The molecule has 0 aromatic carbocycles. The minimum absolute atomic E-state index is 0.000972. The number of carbonyl (C=O) groups is 1. The lowest BCUT2D eigenvalue weighted by molar-refractivity contribution is -0.148. The van der Waals surface area contributed by atoms with E-state index in [2.05, 4.69) is 18.4 Å². The second-order valence-electron chi connectivity index (χ2n) is 8.44. The lowest BCUT2D eigenvalue weighted by atomic mass is 9.77. The molecule has 5 nitrogen and oxygen atoms in total. The summed E-state index contributed by atoms with van der Waals surface area (Å²) in [7, 11) is 0. The van der Waals surface area contributed by atoms with Crippen LogP contribution in [-0.2, 0) is 19.0 Å². The Bertz CT molecular complexity index is 572. The zero-order chi connectivity index (χ0) is 16.5. The van der Waals surface area contributed by atoms with Crippen molar-refractivity contribution >= 4 is 5.97 Å². The average Bonchev–Trinajstić information content (AvgIpc) is 3.05. The Morgan fingerprint density at radius 2 is 2.12 bits per heavy atom. The standard InChI is InChI=1S/C19H27NO4/c1-11-3-4-12-14(10-20-5-7-22-8-6-20)18(21)23-17(12)16-13(11)9-15-19(16,2)24-15/h12-17H,1,3-10H2,2H3/t12-,13-,14?,15?,16-,17-,19+/m0/s1. The van der Waals surface area contributed by atoms with Gasteiger partial charge in [0.15, 0.2) is 0 Å². The Hall–Kier alpha value is -0.910. The van der Waals surface area contributed by atoms with E-state index in [1.165, 1.54) is 5.57 Å². The van der Waals surface area contributed by atoms with Crippen LogP contribution < -0.4 is 0 Å². The van der Waals surface area contributed by atoms with Crippen molar-refractivity contribution in [3.8, 4) is 0 Å². The molecule has 24 heavy (non-hydrogen) atoms. The summed E-state index contributed by atoms with van der Waals surface area (Å²) in [5.74, 6) is 1.10. The number of hydrogen-bond donors (Lipinski definition) is 0. The number of rotatable bonds is 2. The van der Waals surface area contributed by atoms with E-state index in [1.54, 1.807) is 0 Å². The third kappa shape index (κ3) is 2.14. The topological polar surface area (TPSA) is 51.3 Å². The van der Waals surface area contributed by atoms with Gasteiger partial charge in [-0.3, -0.25) is 9.69 Å². The minimum Gasteiger partial charge on any atom is -0.461 e. The number of allylic oxidation sites excluding steroid dienone is 1. The third-order valence-corrected chi connectivity index (χ3v) is 7.27. The molecule has 0 aromatic heterocycles. The number of morpholine rings is 1.